The number of carbonyl (C=O) groups is 4. The molecule has 2 aromatic carbocycles. The van der Waals surface area contributed by atoms with Gasteiger partial charge in [0.1, 0.15) is 31.3 Å². The average Bonchev–Trinajstić information content (AvgIpc) is 3.22. The van der Waals surface area contributed by atoms with Gasteiger partial charge in [0.2, 0.25) is 11.8 Å². The van der Waals surface area contributed by atoms with E-state index in [1.807, 2.05) is 6.07 Å². The average molecular weight is 619 g/mol. The molecule has 0 radical (unpaired) electrons. The number of nitrogens with one attached hydrogen (secondary N) is 2. The second-order valence-electron chi connectivity index (χ2n) is 10.8. The Morgan fingerprint density at radius 3 is 2.62 bits per heavy atom. The number of amides is 3. The molecule has 2 aromatic rings. The molecule has 2 atom stereocenters. The summed E-state index contributed by atoms with van der Waals surface area (Å²) >= 11 is 12.3. The maximum absolute atomic E-state index is 13.3. The fourth-order valence-electron chi connectivity index (χ4n) is 5.42. The first-order chi connectivity index (χ1) is 20.3. The molecule has 1 aliphatic heterocycles. The summed E-state index contributed by atoms with van der Waals surface area (Å²) in [5, 5.41) is 6.47. The lowest BCUT2D eigenvalue weighted by Gasteiger charge is -2.27. The minimum atomic E-state index is -0.890. The van der Waals surface area contributed by atoms with Crippen LogP contribution >= 0.6 is 23.2 Å². The van der Waals surface area contributed by atoms with E-state index in [1.165, 1.54) is 0 Å². The van der Waals surface area contributed by atoms with Gasteiger partial charge < -0.3 is 29.8 Å². The summed E-state index contributed by atoms with van der Waals surface area (Å²) in [5.74, 6) is 0.278. The Morgan fingerprint density at radius 2 is 1.86 bits per heavy atom. The highest BCUT2D eigenvalue weighted by molar-refractivity contribution is 6.31. The second-order valence-corrected chi connectivity index (χ2v) is 11.7. The molecule has 3 amide bonds. The number of hydrogen-bond acceptors (Lipinski definition) is 6. The lowest BCUT2D eigenvalue weighted by Crippen LogP contribution is -2.51. The summed E-state index contributed by atoms with van der Waals surface area (Å²) in [4.78, 5) is 52.6. The number of fused-ring (bicyclic) bond motifs is 1. The van der Waals surface area contributed by atoms with E-state index < -0.39 is 24.1 Å². The predicted octanol–water partition coefficient (Wildman–Crippen LogP) is 5.44. The summed E-state index contributed by atoms with van der Waals surface area (Å²) in [7, 11) is 0. The number of ether oxygens (including phenoxy) is 2. The lowest BCUT2D eigenvalue weighted by atomic mass is 9.84. The van der Waals surface area contributed by atoms with Crippen LogP contribution in [0.25, 0.3) is 0 Å². The van der Waals surface area contributed by atoms with Gasteiger partial charge in [-0.1, -0.05) is 73.5 Å². The molecule has 2 aliphatic rings. The smallest absolute Gasteiger partial charge is 0.408 e. The Morgan fingerprint density at radius 1 is 1.07 bits per heavy atom. The Hall–Kier alpha value is -3.30. The first-order valence-electron chi connectivity index (χ1n) is 14.4. The summed E-state index contributed by atoms with van der Waals surface area (Å²) in [6.45, 7) is 1.01. The quantitative estimate of drug-likeness (QED) is 0.324. The molecule has 1 heterocycles. The molecule has 1 saturated carbocycles. The van der Waals surface area contributed by atoms with Gasteiger partial charge in [0.15, 0.2) is 0 Å². The largest absolute Gasteiger partial charge is 0.491 e. The Kier molecular flexibility index (Phi) is 11.9. The number of hydrogen-bond donors (Lipinski definition) is 2. The maximum Gasteiger partial charge on any atom is 0.408 e. The van der Waals surface area contributed by atoms with Crippen molar-refractivity contribution in [2.75, 3.05) is 13.2 Å². The minimum absolute atomic E-state index is 0.000458. The zero-order valence-corrected chi connectivity index (χ0v) is 25.0. The molecular weight excluding hydrogens is 581 g/mol. The number of aldehydes is 1. The van der Waals surface area contributed by atoms with Crippen molar-refractivity contribution >= 4 is 47.4 Å². The highest BCUT2D eigenvalue weighted by Crippen LogP contribution is 2.30. The van der Waals surface area contributed by atoms with E-state index in [0.29, 0.717) is 48.2 Å². The van der Waals surface area contributed by atoms with Gasteiger partial charge in [0, 0.05) is 22.0 Å². The molecule has 1 aliphatic carbocycles. The fourth-order valence-corrected chi connectivity index (χ4v) is 5.86. The Labute approximate surface area is 256 Å². The lowest BCUT2D eigenvalue weighted by molar-refractivity contribution is -0.132. The molecule has 226 valence electrons. The second kappa shape index (κ2) is 15.8. The summed E-state index contributed by atoms with van der Waals surface area (Å²) in [5.41, 5.74) is 1.46. The van der Waals surface area contributed by atoms with Gasteiger partial charge in [-0.05, 0) is 48.6 Å². The van der Waals surface area contributed by atoms with Crippen LogP contribution in [0.4, 0.5) is 4.79 Å². The van der Waals surface area contributed by atoms with Crippen LogP contribution in [-0.4, -0.2) is 54.3 Å². The SMILES string of the molecule is O=C[C@H](CCC(=O)N1CCOc2cccc(Cl)c2C1)NC(=O)[C@H](CC1CCCCC1)NC(=O)OCc1cccc(Cl)c1. The van der Waals surface area contributed by atoms with Crippen LogP contribution in [0.1, 0.15) is 62.5 Å². The summed E-state index contributed by atoms with van der Waals surface area (Å²) in [6, 6.07) is 10.6. The molecule has 0 spiro atoms. The molecule has 4 rings (SSSR count). The molecule has 0 bridgehead atoms. The number of nitrogens with zero attached hydrogens (tertiary/aromatic N) is 1. The van der Waals surface area contributed by atoms with Crippen LogP contribution in [0, 0.1) is 5.92 Å². The van der Waals surface area contributed by atoms with Crippen molar-refractivity contribution in [2.24, 2.45) is 5.92 Å². The number of rotatable bonds is 11. The van der Waals surface area contributed by atoms with E-state index >= 15 is 0 Å². The van der Waals surface area contributed by atoms with Gasteiger partial charge in [-0.2, -0.15) is 0 Å². The topological polar surface area (TPSA) is 114 Å². The van der Waals surface area contributed by atoms with E-state index in [4.69, 9.17) is 32.7 Å². The van der Waals surface area contributed by atoms with Gasteiger partial charge >= 0.3 is 6.09 Å². The molecule has 2 N–H and O–H groups in total. The van der Waals surface area contributed by atoms with Gasteiger partial charge in [-0.3, -0.25) is 9.59 Å². The molecule has 0 saturated heterocycles. The molecule has 11 heteroatoms. The van der Waals surface area contributed by atoms with Gasteiger partial charge in [0.05, 0.1) is 19.1 Å². The van der Waals surface area contributed by atoms with E-state index in [0.717, 1.165) is 43.2 Å². The van der Waals surface area contributed by atoms with Crippen LogP contribution in [0.5, 0.6) is 5.75 Å². The Bertz CT molecular complexity index is 1250. The van der Waals surface area contributed by atoms with Gasteiger partial charge in [0.25, 0.3) is 0 Å². The van der Waals surface area contributed by atoms with Crippen molar-refractivity contribution in [1.82, 2.24) is 15.5 Å². The number of alkyl carbamates (subject to hydrolysis) is 1. The normalized spacial score (nSPS) is 16.7. The molecule has 9 nitrogen and oxygen atoms in total. The number of carbonyl (C=O) groups excluding carboxylic acids is 4. The van der Waals surface area contributed by atoms with Crippen molar-refractivity contribution < 1.29 is 28.7 Å². The van der Waals surface area contributed by atoms with Crippen LogP contribution in [0.2, 0.25) is 10.0 Å². The first-order valence-corrected chi connectivity index (χ1v) is 15.2. The summed E-state index contributed by atoms with van der Waals surface area (Å²) in [6.07, 6.45) is 5.76. The van der Waals surface area contributed by atoms with E-state index in [2.05, 4.69) is 10.6 Å². The minimum Gasteiger partial charge on any atom is -0.491 e. The number of benzene rings is 2. The number of halogens is 2. The van der Waals surface area contributed by atoms with Crippen molar-refractivity contribution in [1.29, 1.82) is 0 Å². The molecule has 0 aromatic heterocycles. The van der Waals surface area contributed by atoms with Crippen molar-refractivity contribution in [3.8, 4) is 5.75 Å². The molecule has 0 unspecified atom stereocenters. The summed E-state index contributed by atoms with van der Waals surface area (Å²) < 4.78 is 11.1. The maximum atomic E-state index is 13.3. The van der Waals surface area contributed by atoms with Crippen molar-refractivity contribution in [3.05, 3.63) is 63.6 Å². The predicted molar refractivity (Wildman–Crippen MR) is 159 cm³/mol. The molecule has 42 heavy (non-hydrogen) atoms. The van der Waals surface area contributed by atoms with Gasteiger partial charge in [-0.25, -0.2) is 4.79 Å². The first kappa shape index (κ1) is 31.6. The van der Waals surface area contributed by atoms with Gasteiger partial charge in [-0.15, -0.1) is 0 Å². The molecular formula is C31H37Cl2N3O6. The van der Waals surface area contributed by atoms with Crippen LogP contribution < -0.4 is 15.4 Å². The van der Waals surface area contributed by atoms with Crippen molar-refractivity contribution in [2.45, 2.75) is 76.6 Å². The van der Waals surface area contributed by atoms with E-state index in [1.54, 1.807) is 41.3 Å². The van der Waals surface area contributed by atoms with Crippen LogP contribution in [0.3, 0.4) is 0 Å². The van der Waals surface area contributed by atoms with E-state index in [9.17, 15) is 19.2 Å². The standard InChI is InChI=1S/C31H37Cl2N3O6/c32-23-9-4-8-22(16-23)20-42-31(40)35-27(17-21-6-2-1-3-7-21)30(39)34-24(19-37)12-13-29(38)36-14-15-41-28-11-5-10-26(33)25(28)18-36/h4-5,8-11,16,19,21,24,27H,1-3,6-7,12-15,17-18,20H2,(H,34,39)(H,35,40)/t24-,27-/m0/s1. The highest BCUT2D eigenvalue weighted by atomic mass is 35.5. The highest BCUT2D eigenvalue weighted by Gasteiger charge is 2.29. The van der Waals surface area contributed by atoms with E-state index in [-0.39, 0.29) is 31.3 Å². The Balaban J connectivity index is 1.32. The van der Waals surface area contributed by atoms with Crippen molar-refractivity contribution in [3.63, 3.8) is 0 Å². The fraction of sp³-hybridized carbons (Fsp3) is 0.484. The monoisotopic (exact) mass is 617 g/mol. The third-order valence-electron chi connectivity index (χ3n) is 7.72. The van der Waals surface area contributed by atoms with Crippen LogP contribution in [-0.2, 0) is 32.3 Å². The zero-order chi connectivity index (χ0) is 29.9. The third-order valence-corrected chi connectivity index (χ3v) is 8.31. The zero-order valence-electron chi connectivity index (χ0n) is 23.5. The van der Waals surface area contributed by atoms with Crippen LogP contribution in [0.15, 0.2) is 42.5 Å². The third kappa shape index (κ3) is 9.36. The molecule has 1 fully saturated rings.